The van der Waals surface area contributed by atoms with Gasteiger partial charge in [-0.15, -0.1) is 0 Å². The van der Waals surface area contributed by atoms with E-state index in [1.54, 1.807) is 69.5 Å². The van der Waals surface area contributed by atoms with Gasteiger partial charge in [-0.2, -0.15) is 0 Å². The number of carbonyl (C=O) groups excluding carboxylic acids is 1. The number of rotatable bonds is 4. The smallest absolute Gasteiger partial charge is 0.338 e. The van der Waals surface area contributed by atoms with Crippen molar-refractivity contribution in [3.63, 3.8) is 0 Å². The van der Waals surface area contributed by atoms with Crippen molar-refractivity contribution < 1.29 is 14.3 Å². The molecular weight excluding hydrogens is 372 g/mol. The number of allylic oxidation sites excluding steroid dienone is 1. The first kappa shape index (κ1) is 18.7. The zero-order valence-corrected chi connectivity index (χ0v) is 16.3. The van der Waals surface area contributed by atoms with E-state index in [-0.39, 0.29) is 23.3 Å². The number of benzene rings is 2. The number of ether oxygens (including phenoxy) is 2. The largest absolute Gasteiger partial charge is 0.497 e. The van der Waals surface area contributed by atoms with Crippen molar-refractivity contribution in [3.8, 4) is 5.75 Å². The van der Waals surface area contributed by atoms with E-state index >= 15 is 0 Å². The number of hydrogen-bond acceptors (Lipinski definition) is 5. The quantitative estimate of drug-likeness (QED) is 0.638. The Morgan fingerprint density at radius 3 is 2.21 bits per heavy atom. The highest BCUT2D eigenvalue weighted by atomic mass is 16.5. The van der Waals surface area contributed by atoms with Gasteiger partial charge in [0.2, 0.25) is 0 Å². The first-order valence-electron chi connectivity index (χ1n) is 9.28. The maximum atomic E-state index is 13.4. The molecule has 4 rings (SSSR count). The van der Waals surface area contributed by atoms with E-state index in [4.69, 9.17) is 9.47 Å². The Labute approximate surface area is 166 Å². The SMILES string of the molecule is CCOC(=O)C1=C(C)n2c(=O)c3ccccc3c(=O)n2C1c1ccc(OC)cc1. The van der Waals surface area contributed by atoms with Crippen LogP contribution in [-0.4, -0.2) is 29.0 Å². The second kappa shape index (κ2) is 7.09. The summed E-state index contributed by atoms with van der Waals surface area (Å²) in [5, 5.41) is 0.622. The molecule has 2 aromatic carbocycles. The fourth-order valence-corrected chi connectivity index (χ4v) is 3.83. The van der Waals surface area contributed by atoms with E-state index in [1.165, 1.54) is 9.36 Å². The standard InChI is InChI=1S/C22H20N2O5/c1-4-29-22(27)18-13(2)23-20(25)16-7-5-6-8-17(16)21(26)24(23)19(18)14-9-11-15(28-3)12-10-14/h5-12,19H,4H2,1-3H3. The fourth-order valence-electron chi connectivity index (χ4n) is 3.83. The molecule has 148 valence electrons. The lowest BCUT2D eigenvalue weighted by Crippen LogP contribution is -2.37. The zero-order chi connectivity index (χ0) is 20.7. The minimum atomic E-state index is -0.773. The Hall–Kier alpha value is -3.61. The summed E-state index contributed by atoms with van der Waals surface area (Å²) in [6.07, 6.45) is 0. The van der Waals surface area contributed by atoms with Gasteiger partial charge in [-0.3, -0.25) is 9.59 Å². The summed E-state index contributed by atoms with van der Waals surface area (Å²) in [4.78, 5) is 39.3. The van der Waals surface area contributed by atoms with E-state index in [0.29, 0.717) is 27.8 Å². The molecule has 29 heavy (non-hydrogen) atoms. The summed E-state index contributed by atoms with van der Waals surface area (Å²) >= 11 is 0. The summed E-state index contributed by atoms with van der Waals surface area (Å²) in [7, 11) is 1.56. The second-order valence-electron chi connectivity index (χ2n) is 6.71. The van der Waals surface area contributed by atoms with E-state index in [0.717, 1.165) is 0 Å². The van der Waals surface area contributed by atoms with E-state index in [1.807, 2.05) is 0 Å². The van der Waals surface area contributed by atoms with Crippen LogP contribution in [0.1, 0.15) is 25.5 Å². The first-order valence-corrected chi connectivity index (χ1v) is 9.28. The van der Waals surface area contributed by atoms with Gasteiger partial charge in [0.15, 0.2) is 0 Å². The lowest BCUT2D eigenvalue weighted by molar-refractivity contribution is -0.138. The molecule has 0 spiro atoms. The average molecular weight is 392 g/mol. The molecule has 7 nitrogen and oxygen atoms in total. The summed E-state index contributed by atoms with van der Waals surface area (Å²) in [5.41, 5.74) is 0.634. The highest BCUT2D eigenvalue weighted by Crippen LogP contribution is 2.36. The van der Waals surface area contributed by atoms with E-state index in [9.17, 15) is 14.4 Å². The van der Waals surface area contributed by atoms with Crippen molar-refractivity contribution in [1.29, 1.82) is 0 Å². The predicted molar refractivity (Wildman–Crippen MR) is 109 cm³/mol. The minimum Gasteiger partial charge on any atom is -0.497 e. The summed E-state index contributed by atoms with van der Waals surface area (Å²) in [6, 6.07) is 12.9. The van der Waals surface area contributed by atoms with Gasteiger partial charge in [-0.25, -0.2) is 14.2 Å². The molecule has 1 aliphatic heterocycles. The van der Waals surface area contributed by atoms with Crippen LogP contribution < -0.4 is 15.9 Å². The number of esters is 1. The maximum Gasteiger partial charge on any atom is 0.338 e. The molecule has 1 aromatic heterocycles. The molecule has 0 radical (unpaired) electrons. The average Bonchev–Trinajstić information content (AvgIpc) is 3.05. The Kier molecular flexibility index (Phi) is 4.58. The highest BCUT2D eigenvalue weighted by Gasteiger charge is 2.38. The van der Waals surface area contributed by atoms with Crippen molar-refractivity contribution in [1.82, 2.24) is 9.36 Å². The summed E-state index contributed by atoms with van der Waals surface area (Å²) in [5.74, 6) is 0.0956. The van der Waals surface area contributed by atoms with Crippen LogP contribution in [0.5, 0.6) is 5.75 Å². The van der Waals surface area contributed by atoms with Crippen LogP contribution in [0.25, 0.3) is 16.5 Å². The summed E-state index contributed by atoms with van der Waals surface area (Å²) in [6.45, 7) is 3.56. The third-order valence-corrected chi connectivity index (χ3v) is 5.16. The lowest BCUT2D eigenvalue weighted by Gasteiger charge is -2.18. The predicted octanol–water partition coefficient (Wildman–Crippen LogP) is 2.57. The molecular formula is C22H20N2O5. The molecule has 0 saturated heterocycles. The molecule has 1 unspecified atom stereocenters. The van der Waals surface area contributed by atoms with Crippen LogP contribution in [0, 0.1) is 0 Å². The number of methoxy groups -OCH3 is 1. The fraction of sp³-hybridized carbons (Fsp3) is 0.227. The van der Waals surface area contributed by atoms with Gasteiger partial charge in [0.05, 0.1) is 35.8 Å². The van der Waals surface area contributed by atoms with Gasteiger partial charge in [-0.05, 0) is 43.7 Å². The van der Waals surface area contributed by atoms with Gasteiger partial charge in [0.25, 0.3) is 11.1 Å². The van der Waals surface area contributed by atoms with Crippen molar-refractivity contribution in [2.75, 3.05) is 13.7 Å². The Bertz CT molecular complexity index is 1270. The first-order chi connectivity index (χ1) is 14.0. The molecule has 7 heteroatoms. The Morgan fingerprint density at radius 1 is 1.00 bits per heavy atom. The molecule has 0 N–H and O–H groups in total. The van der Waals surface area contributed by atoms with Gasteiger partial charge in [-0.1, -0.05) is 24.3 Å². The zero-order valence-electron chi connectivity index (χ0n) is 16.3. The van der Waals surface area contributed by atoms with Crippen LogP contribution in [0.4, 0.5) is 0 Å². The van der Waals surface area contributed by atoms with Gasteiger partial charge >= 0.3 is 5.97 Å². The molecule has 1 atom stereocenters. The number of fused-ring (bicyclic) bond motifs is 2. The monoisotopic (exact) mass is 392 g/mol. The van der Waals surface area contributed by atoms with Gasteiger partial charge in [0.1, 0.15) is 11.8 Å². The molecule has 3 aromatic rings. The van der Waals surface area contributed by atoms with Crippen molar-refractivity contribution in [2.24, 2.45) is 0 Å². The van der Waals surface area contributed by atoms with Gasteiger partial charge in [0, 0.05) is 0 Å². The van der Waals surface area contributed by atoms with E-state index in [2.05, 4.69) is 0 Å². The van der Waals surface area contributed by atoms with Crippen LogP contribution in [-0.2, 0) is 9.53 Å². The second-order valence-corrected chi connectivity index (χ2v) is 6.71. The van der Waals surface area contributed by atoms with Crippen LogP contribution >= 0.6 is 0 Å². The molecule has 0 amide bonds. The van der Waals surface area contributed by atoms with Crippen LogP contribution in [0.3, 0.4) is 0 Å². The number of hydrogen-bond donors (Lipinski definition) is 0. The van der Waals surface area contributed by atoms with Crippen molar-refractivity contribution in [3.05, 3.63) is 80.4 Å². The minimum absolute atomic E-state index is 0.188. The number of aromatic nitrogens is 2. The number of nitrogens with zero attached hydrogens (tertiary/aromatic N) is 2. The van der Waals surface area contributed by atoms with Crippen LogP contribution in [0.2, 0.25) is 0 Å². The lowest BCUT2D eigenvalue weighted by atomic mass is 9.98. The Morgan fingerprint density at radius 2 is 1.62 bits per heavy atom. The molecule has 2 heterocycles. The molecule has 0 bridgehead atoms. The Balaban J connectivity index is 2.07. The molecule has 0 fully saturated rings. The molecule has 1 aliphatic rings. The van der Waals surface area contributed by atoms with E-state index < -0.39 is 12.0 Å². The van der Waals surface area contributed by atoms with Crippen molar-refractivity contribution >= 4 is 22.4 Å². The topological polar surface area (TPSA) is 79.5 Å². The summed E-state index contributed by atoms with van der Waals surface area (Å²) < 4.78 is 13.1. The molecule has 0 aliphatic carbocycles. The maximum absolute atomic E-state index is 13.4. The highest BCUT2D eigenvalue weighted by molar-refractivity contribution is 5.97. The number of carbonyl (C=O) groups is 1. The normalized spacial score (nSPS) is 15.5. The molecule has 0 saturated carbocycles. The third-order valence-electron chi connectivity index (χ3n) is 5.16. The van der Waals surface area contributed by atoms with Crippen molar-refractivity contribution in [2.45, 2.75) is 19.9 Å². The third kappa shape index (κ3) is 2.77. The van der Waals surface area contributed by atoms with Gasteiger partial charge < -0.3 is 9.47 Å². The van der Waals surface area contributed by atoms with Crippen LogP contribution in [0.15, 0.2) is 63.7 Å².